The molecule has 3 heterocycles. The van der Waals surface area contributed by atoms with Crippen molar-refractivity contribution in [2.75, 3.05) is 11.0 Å². The van der Waals surface area contributed by atoms with Crippen LogP contribution in [0.3, 0.4) is 0 Å². The van der Waals surface area contributed by atoms with E-state index in [2.05, 4.69) is 10.1 Å². The molecule has 0 bridgehead atoms. The number of benzene rings is 1. The molecule has 0 radical (unpaired) electrons. The molecule has 1 aromatic carbocycles. The van der Waals surface area contributed by atoms with E-state index < -0.39 is 34.7 Å². The topological polar surface area (TPSA) is 115 Å². The fourth-order valence-electron chi connectivity index (χ4n) is 4.41. The van der Waals surface area contributed by atoms with Gasteiger partial charge in [0.05, 0.1) is 41.4 Å². The molecule has 188 valence electrons. The van der Waals surface area contributed by atoms with Gasteiger partial charge in [0.15, 0.2) is 0 Å². The number of alkyl halides is 1. The summed E-state index contributed by atoms with van der Waals surface area (Å²) < 4.78 is 41.2. The average molecular weight is 513 g/mol. The van der Waals surface area contributed by atoms with E-state index in [1.807, 2.05) is 19.1 Å². The minimum Gasteiger partial charge on any atom is -0.289 e. The third-order valence-corrected chi connectivity index (χ3v) is 7.43. The van der Waals surface area contributed by atoms with Crippen LogP contribution in [0.15, 0.2) is 58.5 Å². The Kier molecular flexibility index (Phi) is 6.08. The SMILES string of the molecule is Cc1ccc(Cn2c(=O)n(Cc3cnn(C)c3)c(=O)c3cc(N(S(=O)O)C4(CF)CC4)ccc32)cn1. The maximum absolute atomic E-state index is 13.8. The van der Waals surface area contributed by atoms with Gasteiger partial charge in [0.25, 0.3) is 16.8 Å². The van der Waals surface area contributed by atoms with Crippen LogP contribution in [0.4, 0.5) is 10.1 Å². The summed E-state index contributed by atoms with van der Waals surface area (Å²) in [4.78, 5) is 31.4. The Balaban J connectivity index is 1.71. The molecule has 0 aliphatic heterocycles. The molecule has 1 aliphatic carbocycles. The van der Waals surface area contributed by atoms with Gasteiger partial charge in [-0.1, -0.05) is 6.07 Å². The number of hydrogen-bond donors (Lipinski definition) is 1. The van der Waals surface area contributed by atoms with Crippen molar-refractivity contribution >= 4 is 27.9 Å². The van der Waals surface area contributed by atoms with Gasteiger partial charge in [-0.25, -0.2) is 13.4 Å². The second kappa shape index (κ2) is 9.10. The van der Waals surface area contributed by atoms with Gasteiger partial charge in [-0.15, -0.1) is 0 Å². The van der Waals surface area contributed by atoms with E-state index in [1.165, 1.54) is 10.6 Å². The molecule has 3 aromatic heterocycles. The molecule has 1 N–H and O–H groups in total. The number of hydrogen-bond acceptors (Lipinski definition) is 5. The van der Waals surface area contributed by atoms with Crippen molar-refractivity contribution in [3.05, 3.63) is 86.6 Å². The molecule has 0 saturated heterocycles. The molecule has 36 heavy (non-hydrogen) atoms. The molecule has 10 nitrogen and oxygen atoms in total. The van der Waals surface area contributed by atoms with Crippen LogP contribution < -0.4 is 15.6 Å². The van der Waals surface area contributed by atoms with Crippen molar-refractivity contribution in [1.29, 1.82) is 0 Å². The lowest BCUT2D eigenvalue weighted by molar-refractivity contribution is 0.413. The summed E-state index contributed by atoms with van der Waals surface area (Å²) in [6.07, 6.45) is 5.83. The highest BCUT2D eigenvalue weighted by molar-refractivity contribution is 7.80. The number of halogens is 1. The van der Waals surface area contributed by atoms with Gasteiger partial charge in [-0.3, -0.25) is 32.5 Å². The van der Waals surface area contributed by atoms with Crippen molar-refractivity contribution in [3.63, 3.8) is 0 Å². The normalized spacial score (nSPS) is 15.2. The van der Waals surface area contributed by atoms with E-state index in [1.54, 1.807) is 42.5 Å². The highest BCUT2D eigenvalue weighted by atomic mass is 32.2. The van der Waals surface area contributed by atoms with E-state index in [9.17, 15) is 22.7 Å². The quantitative estimate of drug-likeness (QED) is 0.362. The van der Waals surface area contributed by atoms with Crippen molar-refractivity contribution < 1.29 is 13.2 Å². The zero-order chi connectivity index (χ0) is 25.6. The maximum Gasteiger partial charge on any atom is 0.332 e. The Morgan fingerprint density at radius 2 is 1.86 bits per heavy atom. The molecule has 5 rings (SSSR count). The summed E-state index contributed by atoms with van der Waals surface area (Å²) in [6, 6.07) is 8.27. The second-order valence-electron chi connectivity index (χ2n) is 9.17. The molecule has 1 unspecified atom stereocenters. The van der Waals surface area contributed by atoms with E-state index in [0.29, 0.717) is 23.9 Å². The molecule has 12 heteroatoms. The molecule has 0 spiro atoms. The van der Waals surface area contributed by atoms with Gasteiger partial charge in [-0.05, 0) is 49.6 Å². The molecule has 1 saturated carbocycles. The standard InChI is InChI=1S/C24H25FN6O4S/c1-16-3-4-17(10-26-16)13-29-21-6-5-19(31(36(34)35)24(15-25)7-8-24)9-20(21)22(32)30(23(29)33)14-18-11-27-28(2)12-18/h3-6,9-12H,7-8,13-15H2,1-2H3,(H,34,35). The minimum absolute atomic E-state index is 0.00187. The van der Waals surface area contributed by atoms with Gasteiger partial charge >= 0.3 is 5.69 Å². The van der Waals surface area contributed by atoms with Crippen molar-refractivity contribution in [2.45, 2.75) is 38.4 Å². The van der Waals surface area contributed by atoms with E-state index in [0.717, 1.165) is 20.1 Å². The van der Waals surface area contributed by atoms with Crippen molar-refractivity contribution in [3.8, 4) is 0 Å². The van der Waals surface area contributed by atoms with Crippen LogP contribution in [0.5, 0.6) is 0 Å². The summed E-state index contributed by atoms with van der Waals surface area (Å²) in [7, 11) is 1.74. The first-order valence-corrected chi connectivity index (χ1v) is 12.4. The zero-order valence-corrected chi connectivity index (χ0v) is 20.6. The second-order valence-corrected chi connectivity index (χ2v) is 10.0. The van der Waals surface area contributed by atoms with Crippen LogP contribution >= 0.6 is 0 Å². The number of anilines is 1. The first kappa shape index (κ1) is 24.1. The van der Waals surface area contributed by atoms with Gasteiger partial charge in [-0.2, -0.15) is 5.10 Å². The average Bonchev–Trinajstić information content (AvgIpc) is 3.53. The van der Waals surface area contributed by atoms with Crippen LogP contribution in [0.1, 0.15) is 29.7 Å². The van der Waals surface area contributed by atoms with E-state index >= 15 is 0 Å². The summed E-state index contributed by atoms with van der Waals surface area (Å²) in [6.45, 7) is 1.24. The van der Waals surface area contributed by atoms with E-state index in [4.69, 9.17) is 0 Å². The summed E-state index contributed by atoms with van der Waals surface area (Å²) in [5, 5.41) is 4.29. The predicted molar refractivity (Wildman–Crippen MR) is 134 cm³/mol. The smallest absolute Gasteiger partial charge is 0.289 e. The van der Waals surface area contributed by atoms with Crippen LogP contribution in [-0.4, -0.2) is 44.9 Å². The van der Waals surface area contributed by atoms with Crippen molar-refractivity contribution in [1.82, 2.24) is 23.9 Å². The lowest BCUT2D eigenvalue weighted by Crippen LogP contribution is -2.42. The van der Waals surface area contributed by atoms with Crippen LogP contribution in [0.2, 0.25) is 0 Å². The molecule has 1 aliphatic rings. The third-order valence-electron chi connectivity index (χ3n) is 6.52. The number of pyridine rings is 1. The Hall–Kier alpha value is -3.64. The first-order chi connectivity index (χ1) is 17.2. The lowest BCUT2D eigenvalue weighted by Gasteiger charge is -2.28. The summed E-state index contributed by atoms with van der Waals surface area (Å²) in [5.41, 5.74) is 0.763. The number of aromatic nitrogens is 5. The largest absolute Gasteiger partial charge is 0.332 e. The molecule has 4 aromatic rings. The highest BCUT2D eigenvalue weighted by Gasteiger charge is 2.51. The van der Waals surface area contributed by atoms with Crippen molar-refractivity contribution in [2.24, 2.45) is 7.05 Å². The number of rotatable bonds is 8. The summed E-state index contributed by atoms with van der Waals surface area (Å²) >= 11 is -2.49. The van der Waals surface area contributed by atoms with Gasteiger partial charge < -0.3 is 0 Å². The molecular formula is C24H25FN6O4S. The fraction of sp³-hybridized carbons (Fsp3) is 0.333. The molecule has 1 fully saturated rings. The number of aryl methyl sites for hydroxylation is 2. The molecule has 0 amide bonds. The first-order valence-electron chi connectivity index (χ1n) is 11.4. The maximum atomic E-state index is 13.8. The summed E-state index contributed by atoms with van der Waals surface area (Å²) in [5.74, 6) is 0. The Morgan fingerprint density at radius 3 is 2.44 bits per heavy atom. The van der Waals surface area contributed by atoms with Gasteiger partial charge in [0, 0.05) is 30.7 Å². The third kappa shape index (κ3) is 4.26. The van der Waals surface area contributed by atoms with Gasteiger partial charge in [0.1, 0.15) is 6.67 Å². The number of fused-ring (bicyclic) bond motifs is 1. The minimum atomic E-state index is -2.49. The lowest BCUT2D eigenvalue weighted by atomic mass is 10.1. The Morgan fingerprint density at radius 1 is 1.11 bits per heavy atom. The Bertz CT molecular complexity index is 1590. The molecular weight excluding hydrogens is 487 g/mol. The van der Waals surface area contributed by atoms with Crippen LogP contribution in [0, 0.1) is 6.92 Å². The predicted octanol–water partition coefficient (Wildman–Crippen LogP) is 2.14. The number of nitrogens with zero attached hydrogens (tertiary/aromatic N) is 6. The highest BCUT2D eigenvalue weighted by Crippen LogP contribution is 2.45. The zero-order valence-electron chi connectivity index (χ0n) is 19.8. The fourth-order valence-corrected chi connectivity index (χ4v) is 5.26. The molecule has 1 atom stereocenters. The van der Waals surface area contributed by atoms with E-state index in [-0.39, 0.29) is 24.2 Å². The van der Waals surface area contributed by atoms with Crippen LogP contribution in [-0.2, 0) is 31.4 Å². The monoisotopic (exact) mass is 512 g/mol. The Labute approximate surface area is 208 Å². The van der Waals surface area contributed by atoms with Crippen LogP contribution in [0.25, 0.3) is 10.9 Å². The van der Waals surface area contributed by atoms with Gasteiger partial charge in [0.2, 0.25) is 0 Å².